The summed E-state index contributed by atoms with van der Waals surface area (Å²) in [5, 5.41) is 3.14. The number of carbonyl (C=O) groups is 1. The van der Waals surface area contributed by atoms with E-state index < -0.39 is 6.04 Å². The molecule has 0 heterocycles. The van der Waals surface area contributed by atoms with Crippen molar-refractivity contribution in [2.24, 2.45) is 17.1 Å². The lowest BCUT2D eigenvalue weighted by Crippen LogP contribution is -2.49. The van der Waals surface area contributed by atoms with Crippen molar-refractivity contribution in [2.75, 3.05) is 0 Å². The fraction of sp³-hybridized carbons (Fsp3) is 0.562. The Morgan fingerprint density at radius 1 is 1.26 bits per heavy atom. The van der Waals surface area contributed by atoms with E-state index in [1.807, 2.05) is 39.0 Å². The zero-order valence-corrected chi connectivity index (χ0v) is 12.0. The van der Waals surface area contributed by atoms with Crippen LogP contribution in [0.2, 0.25) is 0 Å². The lowest BCUT2D eigenvalue weighted by atomic mass is 9.86. The third-order valence-electron chi connectivity index (χ3n) is 3.77. The fourth-order valence-electron chi connectivity index (χ4n) is 2.20. The molecule has 104 valence electrons. The topological polar surface area (TPSA) is 55.1 Å². The first-order valence-corrected chi connectivity index (χ1v) is 7.00. The van der Waals surface area contributed by atoms with E-state index in [1.165, 1.54) is 18.4 Å². The van der Waals surface area contributed by atoms with Crippen LogP contribution in [-0.2, 0) is 4.79 Å². The van der Waals surface area contributed by atoms with Crippen molar-refractivity contribution in [1.29, 1.82) is 0 Å². The average molecular weight is 260 g/mol. The molecule has 0 spiro atoms. The predicted molar refractivity (Wildman–Crippen MR) is 77.5 cm³/mol. The minimum atomic E-state index is -0.475. The number of rotatable bonds is 4. The Morgan fingerprint density at radius 3 is 2.32 bits per heavy atom. The second-order valence-corrected chi connectivity index (χ2v) is 6.58. The summed E-state index contributed by atoms with van der Waals surface area (Å²) in [4.78, 5) is 12.3. The van der Waals surface area contributed by atoms with Gasteiger partial charge in [-0.15, -0.1) is 0 Å². The van der Waals surface area contributed by atoms with Gasteiger partial charge in [0.15, 0.2) is 0 Å². The molecule has 0 bridgehead atoms. The zero-order chi connectivity index (χ0) is 14.0. The van der Waals surface area contributed by atoms with Crippen LogP contribution in [0.25, 0.3) is 0 Å². The normalized spacial score (nSPS) is 18.7. The lowest BCUT2D eigenvalue weighted by Gasteiger charge is -2.28. The van der Waals surface area contributed by atoms with E-state index in [0.29, 0.717) is 5.92 Å². The van der Waals surface area contributed by atoms with E-state index in [-0.39, 0.29) is 17.4 Å². The molecule has 0 aromatic heterocycles. The molecule has 1 aromatic rings. The van der Waals surface area contributed by atoms with Gasteiger partial charge in [-0.2, -0.15) is 0 Å². The Morgan fingerprint density at radius 2 is 1.84 bits per heavy atom. The van der Waals surface area contributed by atoms with Crippen molar-refractivity contribution >= 4 is 5.91 Å². The average Bonchev–Trinajstić information content (AvgIpc) is 3.19. The molecule has 1 aliphatic carbocycles. The summed E-state index contributed by atoms with van der Waals surface area (Å²) in [6.45, 7) is 5.98. The van der Waals surface area contributed by atoms with Crippen LogP contribution in [0.4, 0.5) is 0 Å². The van der Waals surface area contributed by atoms with Gasteiger partial charge in [-0.3, -0.25) is 4.79 Å². The highest BCUT2D eigenvalue weighted by Crippen LogP contribution is 2.41. The number of hydrogen-bond acceptors (Lipinski definition) is 2. The molecule has 19 heavy (non-hydrogen) atoms. The minimum absolute atomic E-state index is 0.0479. The summed E-state index contributed by atoms with van der Waals surface area (Å²) < 4.78 is 0. The molecule has 1 aromatic carbocycles. The number of hydrogen-bond donors (Lipinski definition) is 2. The molecule has 1 saturated carbocycles. The van der Waals surface area contributed by atoms with Gasteiger partial charge in [0.05, 0.1) is 12.1 Å². The van der Waals surface area contributed by atoms with Crippen molar-refractivity contribution in [3.63, 3.8) is 0 Å². The Hall–Kier alpha value is -1.35. The smallest absolute Gasteiger partial charge is 0.237 e. The summed E-state index contributed by atoms with van der Waals surface area (Å²) in [7, 11) is 0. The van der Waals surface area contributed by atoms with Crippen LogP contribution in [0.1, 0.15) is 45.2 Å². The highest BCUT2D eigenvalue weighted by molar-refractivity contribution is 5.82. The van der Waals surface area contributed by atoms with Crippen LogP contribution >= 0.6 is 0 Å². The molecule has 3 N–H and O–H groups in total. The summed E-state index contributed by atoms with van der Waals surface area (Å²) in [6.07, 6.45) is 2.37. The van der Waals surface area contributed by atoms with Crippen molar-refractivity contribution in [1.82, 2.24) is 5.32 Å². The molecule has 2 rings (SSSR count). The highest BCUT2D eigenvalue weighted by Gasteiger charge is 2.36. The molecule has 1 amide bonds. The first-order chi connectivity index (χ1) is 8.89. The standard InChI is InChI=1S/C16H24N2O/c1-16(2,3)14(17)15(19)18-13(12-9-10-12)11-7-5-4-6-8-11/h4-8,12-14H,9-10,17H2,1-3H3,(H,18,19). The Kier molecular flexibility index (Phi) is 3.95. The highest BCUT2D eigenvalue weighted by atomic mass is 16.2. The maximum absolute atomic E-state index is 12.3. The van der Waals surface area contributed by atoms with Gasteiger partial charge in [0, 0.05) is 0 Å². The van der Waals surface area contributed by atoms with Crippen molar-refractivity contribution in [2.45, 2.75) is 45.7 Å². The fourth-order valence-corrected chi connectivity index (χ4v) is 2.20. The minimum Gasteiger partial charge on any atom is -0.348 e. The molecule has 1 aliphatic rings. The summed E-state index contributed by atoms with van der Waals surface area (Å²) in [6, 6.07) is 9.81. The molecule has 0 aliphatic heterocycles. The number of amides is 1. The Bertz CT molecular complexity index is 432. The van der Waals surface area contributed by atoms with E-state index in [9.17, 15) is 4.79 Å². The Labute approximate surface area is 115 Å². The molecule has 2 unspecified atom stereocenters. The third kappa shape index (κ3) is 3.57. The molecule has 1 fully saturated rings. The number of nitrogens with two attached hydrogens (primary N) is 1. The second kappa shape index (κ2) is 5.33. The van der Waals surface area contributed by atoms with Gasteiger partial charge >= 0.3 is 0 Å². The Balaban J connectivity index is 2.08. The lowest BCUT2D eigenvalue weighted by molar-refractivity contribution is -0.125. The summed E-state index contributed by atoms with van der Waals surface area (Å²) >= 11 is 0. The van der Waals surface area contributed by atoms with Crippen molar-refractivity contribution in [3.8, 4) is 0 Å². The van der Waals surface area contributed by atoms with Gasteiger partial charge in [-0.05, 0) is 29.7 Å². The van der Waals surface area contributed by atoms with E-state index >= 15 is 0 Å². The van der Waals surface area contributed by atoms with Crippen LogP contribution in [0.15, 0.2) is 30.3 Å². The molecule has 0 saturated heterocycles. The van der Waals surface area contributed by atoms with Gasteiger partial charge in [-0.25, -0.2) is 0 Å². The molecular weight excluding hydrogens is 236 g/mol. The first kappa shape index (κ1) is 14.1. The van der Waals surface area contributed by atoms with Gasteiger partial charge in [0.1, 0.15) is 0 Å². The van der Waals surface area contributed by atoms with Crippen LogP contribution < -0.4 is 11.1 Å². The number of benzene rings is 1. The SMILES string of the molecule is CC(C)(C)C(N)C(=O)NC(c1ccccc1)C1CC1. The monoisotopic (exact) mass is 260 g/mol. The van der Waals surface area contributed by atoms with E-state index in [2.05, 4.69) is 17.4 Å². The zero-order valence-electron chi connectivity index (χ0n) is 12.0. The van der Waals surface area contributed by atoms with E-state index in [0.717, 1.165) is 0 Å². The maximum Gasteiger partial charge on any atom is 0.237 e. The largest absolute Gasteiger partial charge is 0.348 e. The maximum atomic E-state index is 12.3. The van der Waals surface area contributed by atoms with Crippen LogP contribution in [0, 0.1) is 11.3 Å². The van der Waals surface area contributed by atoms with Gasteiger partial charge in [0.2, 0.25) is 5.91 Å². The van der Waals surface area contributed by atoms with Crippen LogP contribution in [0.5, 0.6) is 0 Å². The van der Waals surface area contributed by atoms with Crippen molar-refractivity contribution in [3.05, 3.63) is 35.9 Å². The molecular formula is C16H24N2O. The molecule has 0 radical (unpaired) electrons. The van der Waals surface area contributed by atoms with Crippen LogP contribution in [-0.4, -0.2) is 11.9 Å². The van der Waals surface area contributed by atoms with Gasteiger partial charge in [-0.1, -0.05) is 51.1 Å². The first-order valence-electron chi connectivity index (χ1n) is 7.00. The van der Waals surface area contributed by atoms with Crippen LogP contribution in [0.3, 0.4) is 0 Å². The number of carbonyl (C=O) groups excluding carboxylic acids is 1. The second-order valence-electron chi connectivity index (χ2n) is 6.58. The van der Waals surface area contributed by atoms with E-state index in [1.54, 1.807) is 0 Å². The third-order valence-corrected chi connectivity index (χ3v) is 3.77. The summed E-state index contributed by atoms with van der Waals surface area (Å²) in [5.74, 6) is 0.520. The molecule has 3 nitrogen and oxygen atoms in total. The number of nitrogens with one attached hydrogen (secondary N) is 1. The quantitative estimate of drug-likeness (QED) is 0.874. The molecule has 2 atom stereocenters. The predicted octanol–water partition coefficient (Wildman–Crippen LogP) is 2.63. The van der Waals surface area contributed by atoms with Gasteiger partial charge < -0.3 is 11.1 Å². The molecule has 3 heteroatoms. The van der Waals surface area contributed by atoms with Gasteiger partial charge in [0.25, 0.3) is 0 Å². The van der Waals surface area contributed by atoms with E-state index in [4.69, 9.17) is 5.73 Å². The van der Waals surface area contributed by atoms with Crippen molar-refractivity contribution < 1.29 is 4.79 Å². The summed E-state index contributed by atoms with van der Waals surface area (Å²) in [5.41, 5.74) is 7.00.